The Morgan fingerprint density at radius 2 is 1.59 bits per heavy atom. The van der Waals surface area contributed by atoms with E-state index in [1.807, 2.05) is 74.5 Å². The SMILES string of the molecule is CC[C@H](NC(=O)OCc1ccccc1)C(=O)Oc1cc(C)cc2oc(=O)c(Cc3ccccc3)c(C)c12. The van der Waals surface area contributed by atoms with Gasteiger partial charge < -0.3 is 19.2 Å². The van der Waals surface area contributed by atoms with Crippen LogP contribution in [0.25, 0.3) is 11.0 Å². The fourth-order valence-corrected chi connectivity index (χ4v) is 4.14. The van der Waals surface area contributed by atoms with E-state index in [-0.39, 0.29) is 12.4 Å². The van der Waals surface area contributed by atoms with Crippen molar-refractivity contribution in [3.05, 3.63) is 111 Å². The lowest BCUT2D eigenvalue weighted by atomic mass is 9.98. The van der Waals surface area contributed by atoms with Crippen LogP contribution in [0.5, 0.6) is 5.75 Å². The number of fused-ring (bicyclic) bond motifs is 1. The number of alkyl carbamates (subject to hydrolysis) is 1. The average Bonchev–Trinajstić information content (AvgIpc) is 2.89. The number of benzene rings is 3. The summed E-state index contributed by atoms with van der Waals surface area (Å²) in [5, 5.41) is 3.13. The van der Waals surface area contributed by atoms with Gasteiger partial charge in [0.25, 0.3) is 0 Å². The van der Waals surface area contributed by atoms with Gasteiger partial charge in [0.15, 0.2) is 0 Å². The van der Waals surface area contributed by atoms with E-state index in [0.717, 1.165) is 16.7 Å². The molecule has 4 rings (SSSR count). The molecule has 0 spiro atoms. The zero-order valence-electron chi connectivity index (χ0n) is 21.1. The quantitative estimate of drug-likeness (QED) is 0.192. The minimum Gasteiger partial charge on any atom is -0.445 e. The largest absolute Gasteiger partial charge is 0.445 e. The Hall–Kier alpha value is -4.39. The average molecular weight is 500 g/mol. The van der Waals surface area contributed by atoms with Gasteiger partial charge in [0.2, 0.25) is 0 Å². The topological polar surface area (TPSA) is 94.8 Å². The van der Waals surface area contributed by atoms with E-state index in [1.54, 1.807) is 19.1 Å². The van der Waals surface area contributed by atoms with Gasteiger partial charge in [0.05, 0.1) is 5.39 Å². The first-order chi connectivity index (χ1) is 17.9. The fourth-order valence-electron chi connectivity index (χ4n) is 4.14. The summed E-state index contributed by atoms with van der Waals surface area (Å²) in [6.45, 7) is 5.49. The fraction of sp³-hybridized carbons (Fsp3) is 0.233. The van der Waals surface area contributed by atoms with Crippen LogP contribution in [0.4, 0.5) is 4.79 Å². The van der Waals surface area contributed by atoms with Crippen molar-refractivity contribution < 1.29 is 23.5 Å². The third-order valence-electron chi connectivity index (χ3n) is 6.12. The highest BCUT2D eigenvalue weighted by Crippen LogP contribution is 2.32. The lowest BCUT2D eigenvalue weighted by Crippen LogP contribution is -2.42. The molecule has 1 N–H and O–H groups in total. The summed E-state index contributed by atoms with van der Waals surface area (Å²) >= 11 is 0. The third kappa shape index (κ3) is 6.25. The Balaban J connectivity index is 1.56. The van der Waals surface area contributed by atoms with Crippen LogP contribution in [-0.2, 0) is 22.6 Å². The van der Waals surface area contributed by atoms with E-state index in [9.17, 15) is 14.4 Å². The van der Waals surface area contributed by atoms with Crippen molar-refractivity contribution in [1.82, 2.24) is 5.32 Å². The first-order valence-corrected chi connectivity index (χ1v) is 12.2. The number of rotatable bonds is 8. The molecule has 190 valence electrons. The minimum atomic E-state index is -0.918. The van der Waals surface area contributed by atoms with Crippen LogP contribution >= 0.6 is 0 Å². The zero-order chi connectivity index (χ0) is 26.4. The maximum absolute atomic E-state index is 13.1. The van der Waals surface area contributed by atoms with Crippen LogP contribution < -0.4 is 15.7 Å². The van der Waals surface area contributed by atoms with Crippen molar-refractivity contribution in [3.8, 4) is 5.75 Å². The van der Waals surface area contributed by atoms with Gasteiger partial charge in [-0.2, -0.15) is 0 Å². The minimum absolute atomic E-state index is 0.0864. The number of hydrogen-bond donors (Lipinski definition) is 1. The molecule has 1 heterocycles. The van der Waals surface area contributed by atoms with Crippen molar-refractivity contribution in [2.24, 2.45) is 0 Å². The van der Waals surface area contributed by atoms with Gasteiger partial charge in [0.1, 0.15) is 24.0 Å². The Morgan fingerprint density at radius 1 is 0.946 bits per heavy atom. The van der Waals surface area contributed by atoms with Crippen LogP contribution in [0, 0.1) is 13.8 Å². The van der Waals surface area contributed by atoms with E-state index in [4.69, 9.17) is 13.9 Å². The number of ether oxygens (including phenoxy) is 2. The predicted molar refractivity (Wildman–Crippen MR) is 141 cm³/mol. The van der Waals surface area contributed by atoms with Crippen LogP contribution in [0.3, 0.4) is 0 Å². The van der Waals surface area contributed by atoms with E-state index in [1.165, 1.54) is 0 Å². The predicted octanol–water partition coefficient (Wildman–Crippen LogP) is 5.61. The van der Waals surface area contributed by atoms with Gasteiger partial charge in [0, 0.05) is 12.0 Å². The molecule has 0 fully saturated rings. The number of aryl methyl sites for hydroxylation is 2. The van der Waals surface area contributed by atoms with E-state index < -0.39 is 23.7 Å². The first kappa shape index (κ1) is 25.7. The molecule has 3 aromatic carbocycles. The second-order valence-corrected chi connectivity index (χ2v) is 8.88. The van der Waals surface area contributed by atoms with Gasteiger partial charge in [-0.3, -0.25) is 0 Å². The first-order valence-electron chi connectivity index (χ1n) is 12.2. The Morgan fingerprint density at radius 3 is 2.24 bits per heavy atom. The zero-order valence-corrected chi connectivity index (χ0v) is 21.1. The van der Waals surface area contributed by atoms with Gasteiger partial charge in [-0.25, -0.2) is 14.4 Å². The Bertz CT molecular complexity index is 1460. The molecule has 0 unspecified atom stereocenters. The van der Waals surface area contributed by atoms with Gasteiger partial charge in [-0.05, 0) is 54.7 Å². The molecule has 0 aliphatic heterocycles. The standard InChI is InChI=1S/C30H29NO6/c1-4-24(31-30(34)35-18-22-13-9-6-10-14-22)29(33)37-26-16-19(2)15-25-27(26)20(3)23(28(32)36-25)17-21-11-7-5-8-12-21/h5-16,24H,4,17-18H2,1-3H3,(H,31,34)/t24-/m0/s1. The van der Waals surface area contributed by atoms with Crippen LogP contribution in [0.1, 0.15) is 41.2 Å². The van der Waals surface area contributed by atoms with Crippen molar-refractivity contribution in [3.63, 3.8) is 0 Å². The van der Waals surface area contributed by atoms with E-state index in [2.05, 4.69) is 5.32 Å². The van der Waals surface area contributed by atoms with E-state index in [0.29, 0.717) is 34.9 Å². The maximum Gasteiger partial charge on any atom is 0.408 e. The summed E-state index contributed by atoms with van der Waals surface area (Å²) in [6, 6.07) is 21.4. The van der Waals surface area contributed by atoms with E-state index >= 15 is 0 Å². The second kappa shape index (κ2) is 11.6. The highest BCUT2D eigenvalue weighted by molar-refractivity contribution is 5.92. The highest BCUT2D eigenvalue weighted by atomic mass is 16.6. The normalized spacial score (nSPS) is 11.6. The smallest absolute Gasteiger partial charge is 0.408 e. The summed E-state index contributed by atoms with van der Waals surface area (Å²) in [5.41, 5.74) is 3.65. The number of nitrogens with one attached hydrogen (secondary N) is 1. The molecule has 7 heteroatoms. The molecule has 1 aromatic heterocycles. The number of carbonyl (C=O) groups excluding carboxylic acids is 2. The van der Waals surface area contributed by atoms with Crippen LogP contribution in [0.15, 0.2) is 82.0 Å². The molecule has 0 aliphatic carbocycles. The van der Waals surface area contributed by atoms with Gasteiger partial charge in [-0.15, -0.1) is 0 Å². The number of carbonyl (C=O) groups is 2. The maximum atomic E-state index is 13.1. The summed E-state index contributed by atoms with van der Waals surface area (Å²) in [4.78, 5) is 38.2. The lowest BCUT2D eigenvalue weighted by molar-refractivity contribution is -0.136. The van der Waals surface area contributed by atoms with Crippen LogP contribution in [-0.4, -0.2) is 18.1 Å². The molecule has 0 saturated heterocycles. The monoisotopic (exact) mass is 499 g/mol. The summed E-state index contributed by atoms with van der Waals surface area (Å²) in [7, 11) is 0. The summed E-state index contributed by atoms with van der Waals surface area (Å²) in [6.07, 6.45) is -0.0244. The molecule has 0 saturated carbocycles. The molecule has 1 amide bonds. The Kier molecular flexibility index (Phi) is 8.03. The molecular formula is C30H29NO6. The molecule has 0 radical (unpaired) electrons. The third-order valence-corrected chi connectivity index (χ3v) is 6.12. The van der Waals surface area contributed by atoms with Gasteiger partial charge >= 0.3 is 17.7 Å². The molecular weight excluding hydrogens is 470 g/mol. The summed E-state index contributed by atoms with van der Waals surface area (Å²) < 4.78 is 16.7. The number of esters is 1. The molecule has 7 nitrogen and oxygen atoms in total. The van der Waals surface area contributed by atoms with Crippen molar-refractivity contribution in [1.29, 1.82) is 0 Å². The molecule has 4 aromatic rings. The van der Waals surface area contributed by atoms with Crippen LogP contribution in [0.2, 0.25) is 0 Å². The van der Waals surface area contributed by atoms with Crippen molar-refractivity contribution >= 4 is 23.0 Å². The van der Waals surface area contributed by atoms with Crippen molar-refractivity contribution in [2.75, 3.05) is 0 Å². The Labute approximate surface area is 215 Å². The molecule has 37 heavy (non-hydrogen) atoms. The highest BCUT2D eigenvalue weighted by Gasteiger charge is 2.24. The number of hydrogen-bond acceptors (Lipinski definition) is 6. The molecule has 1 atom stereocenters. The lowest BCUT2D eigenvalue weighted by Gasteiger charge is -2.18. The summed E-state index contributed by atoms with van der Waals surface area (Å²) in [5.74, 6) is -0.366. The van der Waals surface area contributed by atoms with Gasteiger partial charge in [-0.1, -0.05) is 67.6 Å². The number of amides is 1. The molecule has 0 bridgehead atoms. The van der Waals surface area contributed by atoms with Crippen molar-refractivity contribution in [2.45, 2.75) is 46.3 Å². The second-order valence-electron chi connectivity index (χ2n) is 8.88. The molecule has 0 aliphatic rings.